The van der Waals surface area contributed by atoms with Crippen molar-refractivity contribution < 1.29 is 22.0 Å². The van der Waals surface area contributed by atoms with E-state index in [0.29, 0.717) is 18.9 Å². The fourth-order valence-electron chi connectivity index (χ4n) is 3.69. The van der Waals surface area contributed by atoms with Crippen molar-refractivity contribution in [1.82, 2.24) is 14.5 Å². The summed E-state index contributed by atoms with van der Waals surface area (Å²) in [5.74, 6) is -2.09. The molecule has 28 heavy (non-hydrogen) atoms. The Morgan fingerprint density at radius 1 is 1.18 bits per heavy atom. The van der Waals surface area contributed by atoms with Crippen molar-refractivity contribution in [3.63, 3.8) is 0 Å². The van der Waals surface area contributed by atoms with E-state index in [2.05, 4.69) is 11.4 Å². The summed E-state index contributed by atoms with van der Waals surface area (Å²) in [4.78, 5) is 13.4. The first-order valence-electron chi connectivity index (χ1n) is 9.16. The summed E-state index contributed by atoms with van der Waals surface area (Å²) >= 11 is 0. The second kappa shape index (κ2) is 8.11. The van der Waals surface area contributed by atoms with Gasteiger partial charge in [-0.05, 0) is 43.9 Å². The number of hydrogen-bond acceptors (Lipinski definition) is 5. The second-order valence-corrected chi connectivity index (χ2v) is 9.11. The number of sulfonamides is 1. The van der Waals surface area contributed by atoms with Crippen molar-refractivity contribution >= 4 is 15.9 Å². The molecule has 1 amide bonds. The molecule has 0 aromatic heterocycles. The van der Waals surface area contributed by atoms with E-state index in [1.807, 2.05) is 0 Å². The van der Waals surface area contributed by atoms with E-state index in [0.717, 1.165) is 29.3 Å². The first-order valence-corrected chi connectivity index (χ1v) is 10.6. The van der Waals surface area contributed by atoms with Crippen LogP contribution < -0.4 is 5.32 Å². The average molecular weight is 412 g/mol. The van der Waals surface area contributed by atoms with Crippen LogP contribution in [0.5, 0.6) is 0 Å². The molecular formula is C18H22F2N4O3S. The van der Waals surface area contributed by atoms with Gasteiger partial charge in [0.25, 0.3) is 0 Å². The van der Waals surface area contributed by atoms with E-state index in [1.54, 1.807) is 4.90 Å². The number of hydrogen-bond donors (Lipinski definition) is 1. The fraction of sp³-hybridized carbons (Fsp3) is 0.556. The molecule has 152 valence electrons. The lowest BCUT2D eigenvalue weighted by atomic mass is 10.00. The third kappa shape index (κ3) is 4.32. The highest BCUT2D eigenvalue weighted by atomic mass is 32.2. The Labute approximate surface area is 163 Å². The van der Waals surface area contributed by atoms with Gasteiger partial charge in [0.05, 0.1) is 12.6 Å². The molecule has 2 fully saturated rings. The Bertz CT molecular complexity index is 887. The predicted molar refractivity (Wildman–Crippen MR) is 96.5 cm³/mol. The average Bonchev–Trinajstić information content (AvgIpc) is 3.13. The number of nitriles is 1. The first-order chi connectivity index (χ1) is 13.3. The summed E-state index contributed by atoms with van der Waals surface area (Å²) in [6.45, 7) is 0.752. The van der Waals surface area contributed by atoms with Crippen molar-refractivity contribution in [2.75, 3.05) is 32.7 Å². The van der Waals surface area contributed by atoms with Gasteiger partial charge in [-0.25, -0.2) is 17.2 Å². The molecule has 1 aliphatic heterocycles. The minimum atomic E-state index is -4.15. The molecule has 0 spiro atoms. The van der Waals surface area contributed by atoms with Gasteiger partial charge in [-0.15, -0.1) is 0 Å². The van der Waals surface area contributed by atoms with E-state index in [-0.39, 0.29) is 38.6 Å². The van der Waals surface area contributed by atoms with Gasteiger partial charge in [-0.1, -0.05) is 0 Å². The van der Waals surface area contributed by atoms with Gasteiger partial charge in [-0.3, -0.25) is 9.69 Å². The van der Waals surface area contributed by atoms with E-state index >= 15 is 0 Å². The molecule has 1 aliphatic carbocycles. The quantitative estimate of drug-likeness (QED) is 0.785. The van der Waals surface area contributed by atoms with E-state index < -0.39 is 32.1 Å². The minimum absolute atomic E-state index is 0.0612. The molecule has 0 atom stereocenters. The van der Waals surface area contributed by atoms with Crippen LogP contribution in [-0.2, 0) is 14.8 Å². The third-order valence-electron chi connectivity index (χ3n) is 5.26. The molecule has 10 heteroatoms. The molecule has 1 saturated carbocycles. The zero-order valence-corrected chi connectivity index (χ0v) is 16.1. The van der Waals surface area contributed by atoms with Crippen LogP contribution in [0.4, 0.5) is 8.78 Å². The van der Waals surface area contributed by atoms with Gasteiger partial charge in [0, 0.05) is 26.2 Å². The van der Waals surface area contributed by atoms with Crippen molar-refractivity contribution in [2.24, 2.45) is 0 Å². The molecule has 7 nitrogen and oxygen atoms in total. The highest BCUT2D eigenvalue weighted by molar-refractivity contribution is 7.89. The Balaban J connectivity index is 1.58. The van der Waals surface area contributed by atoms with Crippen LogP contribution in [0, 0.1) is 23.0 Å². The monoisotopic (exact) mass is 412 g/mol. The summed E-state index contributed by atoms with van der Waals surface area (Å²) in [7, 11) is -4.15. The van der Waals surface area contributed by atoms with Crippen LogP contribution >= 0.6 is 0 Å². The molecule has 1 aromatic carbocycles. The van der Waals surface area contributed by atoms with Crippen molar-refractivity contribution in [2.45, 2.75) is 36.1 Å². The lowest BCUT2D eigenvalue weighted by molar-refractivity contribution is -0.123. The number of benzene rings is 1. The summed E-state index contributed by atoms with van der Waals surface area (Å²) in [5, 5.41) is 12.1. The largest absolute Gasteiger partial charge is 0.337 e. The summed E-state index contributed by atoms with van der Waals surface area (Å²) in [6, 6.07) is 4.52. The van der Waals surface area contributed by atoms with Gasteiger partial charge in [0.15, 0.2) is 0 Å². The van der Waals surface area contributed by atoms with E-state index in [1.165, 1.54) is 0 Å². The highest BCUT2D eigenvalue weighted by Gasteiger charge is 2.36. The summed E-state index contributed by atoms with van der Waals surface area (Å²) < 4.78 is 53.5. The first kappa shape index (κ1) is 20.6. The molecule has 0 radical (unpaired) electrons. The molecule has 0 bridgehead atoms. The lowest BCUT2D eigenvalue weighted by Crippen LogP contribution is -2.53. The van der Waals surface area contributed by atoms with Gasteiger partial charge < -0.3 is 5.32 Å². The second-order valence-electron chi connectivity index (χ2n) is 7.20. The fourth-order valence-corrected chi connectivity index (χ4v) is 5.19. The predicted octanol–water partition coefficient (Wildman–Crippen LogP) is 1.22. The van der Waals surface area contributed by atoms with E-state index in [4.69, 9.17) is 0 Å². The standard InChI is InChI=1S/C18H22F2N4O3S/c19-14-3-4-15(20)16(11-14)28(26,27)24-9-7-23(8-10-24)12-17(25)22-18(13-21)5-1-2-6-18/h3-4,11H,1-2,5-10,12H2,(H,22,25). The van der Waals surface area contributed by atoms with Crippen molar-refractivity contribution in [1.29, 1.82) is 5.26 Å². The van der Waals surface area contributed by atoms with E-state index in [9.17, 15) is 27.3 Å². The number of halogens is 2. The Kier molecular flexibility index (Phi) is 5.98. The lowest BCUT2D eigenvalue weighted by Gasteiger charge is -2.34. The highest BCUT2D eigenvalue weighted by Crippen LogP contribution is 2.29. The molecular weight excluding hydrogens is 390 g/mol. The number of nitrogens with one attached hydrogen (secondary N) is 1. The van der Waals surface area contributed by atoms with Crippen LogP contribution in [0.15, 0.2) is 23.1 Å². The topological polar surface area (TPSA) is 93.5 Å². The number of carbonyl (C=O) groups is 1. The van der Waals surface area contributed by atoms with Crippen LogP contribution in [0.25, 0.3) is 0 Å². The van der Waals surface area contributed by atoms with Gasteiger partial charge in [-0.2, -0.15) is 9.57 Å². The van der Waals surface area contributed by atoms with Crippen molar-refractivity contribution in [3.05, 3.63) is 29.8 Å². The van der Waals surface area contributed by atoms with Crippen LogP contribution in [0.1, 0.15) is 25.7 Å². The molecule has 1 saturated heterocycles. The van der Waals surface area contributed by atoms with Crippen LogP contribution in [-0.4, -0.2) is 61.8 Å². The van der Waals surface area contributed by atoms with Gasteiger partial charge in [0.1, 0.15) is 22.1 Å². The van der Waals surface area contributed by atoms with Gasteiger partial charge >= 0.3 is 0 Å². The number of rotatable bonds is 5. The molecule has 1 heterocycles. The number of amides is 1. The normalized spacial score (nSPS) is 20.6. The zero-order valence-electron chi connectivity index (χ0n) is 15.3. The summed E-state index contributed by atoms with van der Waals surface area (Å²) in [6.07, 6.45) is 3.09. The Hall–Kier alpha value is -2.09. The zero-order chi connectivity index (χ0) is 20.4. The molecule has 0 unspecified atom stereocenters. The smallest absolute Gasteiger partial charge is 0.246 e. The third-order valence-corrected chi connectivity index (χ3v) is 7.17. The number of piperazine rings is 1. The van der Waals surface area contributed by atoms with Crippen molar-refractivity contribution in [3.8, 4) is 6.07 Å². The van der Waals surface area contributed by atoms with Crippen LogP contribution in [0.3, 0.4) is 0 Å². The summed E-state index contributed by atoms with van der Waals surface area (Å²) in [5.41, 5.74) is -0.794. The molecule has 3 rings (SSSR count). The maximum Gasteiger partial charge on any atom is 0.246 e. The van der Waals surface area contributed by atoms with Gasteiger partial charge in [0.2, 0.25) is 15.9 Å². The SMILES string of the molecule is N#CC1(NC(=O)CN2CCN(S(=O)(=O)c3cc(F)ccc3F)CC2)CCCC1. The number of carbonyl (C=O) groups excluding carboxylic acids is 1. The maximum atomic E-state index is 13.9. The molecule has 2 aliphatic rings. The number of nitrogens with zero attached hydrogens (tertiary/aromatic N) is 3. The molecule has 1 aromatic rings. The molecule has 1 N–H and O–H groups in total. The Morgan fingerprint density at radius 2 is 1.82 bits per heavy atom. The minimum Gasteiger partial charge on any atom is -0.337 e. The van der Waals surface area contributed by atoms with Crippen LogP contribution in [0.2, 0.25) is 0 Å². The maximum absolute atomic E-state index is 13.9. The Morgan fingerprint density at radius 3 is 2.43 bits per heavy atom.